The summed E-state index contributed by atoms with van der Waals surface area (Å²) in [6, 6.07) is 11.9. The molecule has 3 unspecified atom stereocenters. The first-order valence-corrected chi connectivity index (χ1v) is 11.9. The van der Waals surface area contributed by atoms with Crippen molar-refractivity contribution >= 4 is 24.0 Å². The van der Waals surface area contributed by atoms with E-state index in [-0.39, 0.29) is 35.8 Å². The summed E-state index contributed by atoms with van der Waals surface area (Å²) in [6.45, 7) is 0.802. The molecule has 2 bridgehead atoms. The third-order valence-corrected chi connectivity index (χ3v) is 7.51. The van der Waals surface area contributed by atoms with Crippen LogP contribution in [0.15, 0.2) is 48.8 Å². The summed E-state index contributed by atoms with van der Waals surface area (Å²) in [5.41, 5.74) is 9.32. The van der Waals surface area contributed by atoms with Crippen LogP contribution in [0.1, 0.15) is 24.8 Å². The molecule has 3 fully saturated rings. The summed E-state index contributed by atoms with van der Waals surface area (Å²) < 4.78 is 21.9. The highest BCUT2D eigenvalue weighted by atomic mass is 35.5. The maximum atomic E-state index is 14.8. The van der Waals surface area contributed by atoms with Crippen molar-refractivity contribution in [3.63, 3.8) is 0 Å². The third kappa shape index (κ3) is 4.02. The lowest BCUT2D eigenvalue weighted by Gasteiger charge is -2.49. The number of aromatic hydroxyl groups is 1. The molecule has 37 heavy (non-hydrogen) atoms. The van der Waals surface area contributed by atoms with E-state index in [9.17, 15) is 14.8 Å². The zero-order valence-corrected chi connectivity index (χ0v) is 21.0. The zero-order chi connectivity index (χ0) is 25.0. The molecule has 8 nitrogen and oxygen atoms in total. The van der Waals surface area contributed by atoms with Gasteiger partial charge in [0.15, 0.2) is 11.5 Å². The molecule has 7 rings (SSSR count). The molecule has 10 heteroatoms. The van der Waals surface area contributed by atoms with Crippen LogP contribution in [0.2, 0.25) is 0 Å². The molecule has 2 saturated heterocycles. The number of phenols is 1. The van der Waals surface area contributed by atoms with Crippen molar-refractivity contribution in [2.75, 3.05) is 18.6 Å². The molecule has 1 aliphatic carbocycles. The lowest BCUT2D eigenvalue weighted by atomic mass is 9.77. The van der Waals surface area contributed by atoms with Crippen molar-refractivity contribution in [1.82, 2.24) is 14.4 Å². The molecule has 2 aliphatic heterocycles. The van der Waals surface area contributed by atoms with Gasteiger partial charge in [-0.2, -0.15) is 5.26 Å². The van der Waals surface area contributed by atoms with Gasteiger partial charge in [0, 0.05) is 36.6 Å². The zero-order valence-electron chi connectivity index (χ0n) is 20.1. The minimum Gasteiger partial charge on any atom is -0.504 e. The van der Waals surface area contributed by atoms with Gasteiger partial charge < -0.3 is 20.5 Å². The topological polar surface area (TPSA) is 113 Å². The summed E-state index contributed by atoms with van der Waals surface area (Å²) in [5, 5.41) is 19.7. The second-order valence-electron chi connectivity index (χ2n) is 9.49. The van der Waals surface area contributed by atoms with E-state index in [2.05, 4.69) is 9.88 Å². The van der Waals surface area contributed by atoms with Gasteiger partial charge in [-0.05, 0) is 55.0 Å². The van der Waals surface area contributed by atoms with Crippen LogP contribution in [-0.2, 0) is 0 Å². The van der Waals surface area contributed by atoms with E-state index in [0.29, 0.717) is 39.7 Å². The van der Waals surface area contributed by atoms with Crippen molar-refractivity contribution < 1.29 is 14.2 Å². The number of nitrogens with two attached hydrogens (primary N) is 1. The lowest BCUT2D eigenvalue weighted by molar-refractivity contribution is 0.214. The number of hydrogen-bond donors (Lipinski definition) is 2. The molecule has 190 valence electrons. The predicted molar refractivity (Wildman–Crippen MR) is 140 cm³/mol. The molecule has 3 aliphatic rings. The maximum Gasteiger partial charge on any atom is 0.212 e. The van der Waals surface area contributed by atoms with Gasteiger partial charge in [-0.15, -0.1) is 12.4 Å². The number of nitrogens with zero attached hydrogens (tertiary/aromatic N) is 5. The van der Waals surface area contributed by atoms with E-state index in [4.69, 9.17) is 15.5 Å². The van der Waals surface area contributed by atoms with Crippen LogP contribution in [0, 0.1) is 23.1 Å². The fourth-order valence-corrected chi connectivity index (χ4v) is 5.64. The SMILES string of the molecule is COc1ccc(-c2c(-c3ccc(C#N)c(F)c3)nc(N3CC4CCC3CC4N)n3ccnc23)cc1O.Cl. The number of imidazole rings is 1. The van der Waals surface area contributed by atoms with Gasteiger partial charge in [-0.1, -0.05) is 12.1 Å². The van der Waals surface area contributed by atoms with E-state index < -0.39 is 5.82 Å². The van der Waals surface area contributed by atoms with Gasteiger partial charge in [0.1, 0.15) is 17.5 Å². The van der Waals surface area contributed by atoms with Gasteiger partial charge in [0.25, 0.3) is 0 Å². The summed E-state index contributed by atoms with van der Waals surface area (Å²) in [5.74, 6) is 0.820. The molecule has 3 N–H and O–H groups in total. The lowest BCUT2D eigenvalue weighted by Crippen LogP contribution is -2.57. The van der Waals surface area contributed by atoms with Crippen molar-refractivity contribution in [2.45, 2.75) is 31.3 Å². The minimum absolute atomic E-state index is 0. The van der Waals surface area contributed by atoms with Gasteiger partial charge in [0.05, 0.1) is 23.9 Å². The Morgan fingerprint density at radius 2 is 2.00 bits per heavy atom. The van der Waals surface area contributed by atoms with Crippen LogP contribution in [0.3, 0.4) is 0 Å². The molecular weight excluding hydrogens is 495 g/mol. The first-order chi connectivity index (χ1) is 17.5. The van der Waals surface area contributed by atoms with Crippen LogP contribution in [-0.4, -0.2) is 45.2 Å². The Hall–Kier alpha value is -3.87. The quantitative estimate of drug-likeness (QED) is 0.406. The maximum absolute atomic E-state index is 14.8. The first kappa shape index (κ1) is 24.8. The number of benzene rings is 2. The Morgan fingerprint density at radius 1 is 1.19 bits per heavy atom. The Labute approximate surface area is 219 Å². The van der Waals surface area contributed by atoms with E-state index in [0.717, 1.165) is 31.8 Å². The smallest absolute Gasteiger partial charge is 0.212 e. The molecule has 0 spiro atoms. The third-order valence-electron chi connectivity index (χ3n) is 7.51. The second kappa shape index (κ2) is 9.54. The molecule has 0 radical (unpaired) electrons. The Balaban J connectivity index is 0.00000280. The number of fused-ring (bicyclic) bond motifs is 4. The minimum atomic E-state index is -0.618. The summed E-state index contributed by atoms with van der Waals surface area (Å²) in [6.07, 6.45) is 6.63. The number of aromatic nitrogens is 3. The summed E-state index contributed by atoms with van der Waals surface area (Å²) in [4.78, 5) is 12.1. The Morgan fingerprint density at radius 3 is 2.65 bits per heavy atom. The monoisotopic (exact) mass is 520 g/mol. The molecular formula is C27H26ClFN6O2. The van der Waals surface area contributed by atoms with Gasteiger partial charge in [0.2, 0.25) is 5.95 Å². The fourth-order valence-electron chi connectivity index (χ4n) is 5.64. The van der Waals surface area contributed by atoms with Crippen molar-refractivity contribution in [3.8, 4) is 40.0 Å². The number of anilines is 1. The highest BCUT2D eigenvalue weighted by molar-refractivity contribution is 5.91. The van der Waals surface area contributed by atoms with Crippen LogP contribution in [0.4, 0.5) is 10.3 Å². The number of nitriles is 1. The molecule has 3 atom stereocenters. The largest absolute Gasteiger partial charge is 0.504 e. The van der Waals surface area contributed by atoms with Crippen molar-refractivity contribution in [1.29, 1.82) is 5.26 Å². The number of phenolic OH excluding ortho intramolecular Hbond substituents is 1. The number of methoxy groups -OCH3 is 1. The standard InChI is InChI=1S/C27H25FN6O2.ClH/c1-36-23-7-5-15(11-22(23)35)24-25(16-2-3-17(13-29)20(28)10-16)32-27(33-9-8-31-26(24)33)34-14-18-4-6-19(34)12-21(18)30;/h2-3,5,7-11,18-19,21,35H,4,6,12,14,30H2,1H3;1H. The molecule has 1 saturated carbocycles. The average molecular weight is 521 g/mol. The van der Waals surface area contributed by atoms with E-state index in [1.807, 2.05) is 22.7 Å². The average Bonchev–Trinajstić information content (AvgIpc) is 3.38. The highest BCUT2D eigenvalue weighted by Gasteiger charge is 2.40. The molecule has 2 aromatic heterocycles. The van der Waals surface area contributed by atoms with Crippen molar-refractivity contribution in [2.24, 2.45) is 11.7 Å². The summed E-state index contributed by atoms with van der Waals surface area (Å²) >= 11 is 0. The number of rotatable bonds is 4. The molecule has 0 amide bonds. The molecule has 4 aromatic rings. The Bertz CT molecular complexity index is 1530. The normalized spacial score (nSPS) is 20.5. The van der Waals surface area contributed by atoms with Crippen LogP contribution in [0.5, 0.6) is 11.5 Å². The second-order valence-corrected chi connectivity index (χ2v) is 9.49. The van der Waals surface area contributed by atoms with Gasteiger partial charge in [-0.25, -0.2) is 14.4 Å². The van der Waals surface area contributed by atoms with E-state index in [1.165, 1.54) is 19.2 Å². The predicted octanol–water partition coefficient (Wildman–Crippen LogP) is 4.53. The van der Waals surface area contributed by atoms with Crippen LogP contribution < -0.4 is 15.4 Å². The molecule has 4 heterocycles. The Kier molecular flexibility index (Phi) is 6.40. The van der Waals surface area contributed by atoms with Crippen LogP contribution >= 0.6 is 12.4 Å². The molecule has 2 aromatic carbocycles. The fraction of sp³-hybridized carbons (Fsp3) is 0.296. The van der Waals surface area contributed by atoms with E-state index >= 15 is 0 Å². The first-order valence-electron chi connectivity index (χ1n) is 11.9. The number of ether oxygens (including phenoxy) is 1. The van der Waals surface area contributed by atoms with Crippen LogP contribution in [0.25, 0.3) is 28.0 Å². The van der Waals surface area contributed by atoms with Gasteiger partial charge in [-0.3, -0.25) is 4.40 Å². The summed E-state index contributed by atoms with van der Waals surface area (Å²) in [7, 11) is 1.49. The van der Waals surface area contributed by atoms with Gasteiger partial charge >= 0.3 is 0 Å². The number of halogens is 2. The van der Waals surface area contributed by atoms with Crippen molar-refractivity contribution in [3.05, 3.63) is 60.2 Å². The highest BCUT2D eigenvalue weighted by Crippen LogP contribution is 2.42. The number of hydrogen-bond acceptors (Lipinski definition) is 7. The van der Waals surface area contributed by atoms with E-state index in [1.54, 1.807) is 24.4 Å². The number of piperidine rings is 2.